The van der Waals surface area contributed by atoms with E-state index < -0.39 is 4.92 Å². The molecule has 0 spiro atoms. The van der Waals surface area contributed by atoms with E-state index in [9.17, 15) is 15.2 Å². The Kier molecular flexibility index (Phi) is 4.94. The number of aliphatic hydroxyl groups excluding tert-OH is 1. The summed E-state index contributed by atoms with van der Waals surface area (Å²) in [5.74, 6) is 1.19. The lowest BCUT2D eigenvalue weighted by molar-refractivity contribution is -0.383. The third-order valence-electron chi connectivity index (χ3n) is 4.22. The maximum absolute atomic E-state index is 11.0. The van der Waals surface area contributed by atoms with Gasteiger partial charge in [0.05, 0.1) is 11.0 Å². The van der Waals surface area contributed by atoms with Crippen LogP contribution in [0.15, 0.2) is 30.6 Å². The number of nitrogens with one attached hydrogen (secondary N) is 2. The normalized spacial score (nSPS) is 20.0. The summed E-state index contributed by atoms with van der Waals surface area (Å²) in [5.41, 5.74) is 6.08. The summed E-state index contributed by atoms with van der Waals surface area (Å²) in [7, 11) is 0. The van der Waals surface area contributed by atoms with Crippen LogP contribution in [0.5, 0.6) is 0 Å². The van der Waals surface area contributed by atoms with E-state index in [1.165, 1.54) is 18.5 Å². The lowest BCUT2D eigenvalue weighted by Crippen LogP contribution is -2.28. The van der Waals surface area contributed by atoms with Gasteiger partial charge in [-0.2, -0.15) is 0 Å². The number of anilines is 4. The molecule has 25 heavy (non-hydrogen) atoms. The fourth-order valence-corrected chi connectivity index (χ4v) is 2.86. The first-order valence-electron chi connectivity index (χ1n) is 8.09. The monoisotopic (exact) mass is 344 g/mol. The number of hydrogen-bond donors (Lipinski definition) is 4. The lowest BCUT2D eigenvalue weighted by atomic mass is 9.93. The summed E-state index contributed by atoms with van der Waals surface area (Å²) in [6.07, 6.45) is 4.55. The van der Waals surface area contributed by atoms with Crippen molar-refractivity contribution in [1.82, 2.24) is 9.97 Å². The highest BCUT2D eigenvalue weighted by atomic mass is 16.6. The minimum atomic E-state index is -0.523. The van der Waals surface area contributed by atoms with Gasteiger partial charge in [0.2, 0.25) is 0 Å². The first-order chi connectivity index (χ1) is 12.0. The van der Waals surface area contributed by atoms with Crippen LogP contribution in [0, 0.1) is 10.1 Å². The van der Waals surface area contributed by atoms with Crippen LogP contribution in [0.25, 0.3) is 0 Å². The van der Waals surface area contributed by atoms with E-state index in [0.29, 0.717) is 17.3 Å². The molecule has 2 aromatic rings. The second kappa shape index (κ2) is 7.31. The van der Waals surface area contributed by atoms with Crippen LogP contribution >= 0.6 is 0 Å². The fraction of sp³-hybridized carbons (Fsp3) is 0.375. The van der Waals surface area contributed by atoms with Gasteiger partial charge in [-0.15, -0.1) is 0 Å². The Balaban J connectivity index is 1.69. The van der Waals surface area contributed by atoms with Crippen molar-refractivity contribution in [3.63, 3.8) is 0 Å². The maximum atomic E-state index is 11.0. The average Bonchev–Trinajstić information content (AvgIpc) is 2.59. The molecule has 1 aliphatic rings. The van der Waals surface area contributed by atoms with Gasteiger partial charge in [0.15, 0.2) is 0 Å². The third kappa shape index (κ3) is 4.32. The molecule has 0 saturated heterocycles. The zero-order valence-corrected chi connectivity index (χ0v) is 13.6. The van der Waals surface area contributed by atoms with Gasteiger partial charge < -0.3 is 21.5 Å². The molecule has 0 aliphatic heterocycles. The van der Waals surface area contributed by atoms with Gasteiger partial charge >= 0.3 is 0 Å². The van der Waals surface area contributed by atoms with Gasteiger partial charge in [-0.3, -0.25) is 10.1 Å². The van der Waals surface area contributed by atoms with Crippen LogP contribution in [0.2, 0.25) is 0 Å². The highest BCUT2D eigenvalue weighted by Crippen LogP contribution is 2.27. The number of aliphatic hydroxyl groups is 1. The SMILES string of the molecule is Nc1ccc(Nc2cc(N[C@H]3CC[C@H](O)CC3)ncn2)cc1[N+](=O)[O-]. The van der Waals surface area contributed by atoms with Crippen molar-refractivity contribution in [3.8, 4) is 0 Å². The molecule has 3 rings (SSSR count). The smallest absolute Gasteiger partial charge is 0.294 e. The Morgan fingerprint density at radius 1 is 1.16 bits per heavy atom. The zero-order chi connectivity index (χ0) is 17.8. The molecular formula is C16H20N6O3. The Labute approximate surface area is 144 Å². The number of nitrogens with two attached hydrogens (primary N) is 1. The van der Waals surface area contributed by atoms with Gasteiger partial charge in [0.25, 0.3) is 5.69 Å². The molecule has 1 saturated carbocycles. The molecule has 5 N–H and O–H groups in total. The number of benzene rings is 1. The molecule has 1 heterocycles. The van der Waals surface area contributed by atoms with Gasteiger partial charge in [0.1, 0.15) is 23.7 Å². The Morgan fingerprint density at radius 2 is 1.88 bits per heavy atom. The van der Waals surface area contributed by atoms with E-state index in [-0.39, 0.29) is 23.5 Å². The minimum absolute atomic E-state index is 0.111. The van der Waals surface area contributed by atoms with Gasteiger partial charge in [-0.25, -0.2) is 9.97 Å². The number of nitro groups is 1. The molecule has 0 unspecified atom stereocenters. The van der Waals surface area contributed by atoms with Crippen molar-refractivity contribution < 1.29 is 10.0 Å². The Hall–Kier alpha value is -2.94. The minimum Gasteiger partial charge on any atom is -0.393 e. The second-order valence-electron chi connectivity index (χ2n) is 6.09. The first-order valence-corrected chi connectivity index (χ1v) is 8.09. The Morgan fingerprint density at radius 3 is 2.60 bits per heavy atom. The van der Waals surface area contributed by atoms with E-state index in [0.717, 1.165) is 25.7 Å². The van der Waals surface area contributed by atoms with Crippen molar-refractivity contribution in [2.75, 3.05) is 16.4 Å². The molecule has 0 atom stereocenters. The second-order valence-corrected chi connectivity index (χ2v) is 6.09. The molecule has 9 heteroatoms. The van der Waals surface area contributed by atoms with Gasteiger partial charge in [0, 0.05) is 23.9 Å². The quantitative estimate of drug-likeness (QED) is 0.368. The predicted molar refractivity (Wildman–Crippen MR) is 94.7 cm³/mol. The summed E-state index contributed by atoms with van der Waals surface area (Å²) in [4.78, 5) is 18.8. The number of aromatic nitrogens is 2. The number of rotatable bonds is 5. The maximum Gasteiger partial charge on any atom is 0.294 e. The largest absolute Gasteiger partial charge is 0.393 e. The molecule has 0 bridgehead atoms. The van der Waals surface area contributed by atoms with Crippen LogP contribution in [0.1, 0.15) is 25.7 Å². The molecule has 0 radical (unpaired) electrons. The molecular weight excluding hydrogens is 324 g/mol. The van der Waals surface area contributed by atoms with Crippen LogP contribution < -0.4 is 16.4 Å². The van der Waals surface area contributed by atoms with E-state index in [1.807, 2.05) is 0 Å². The highest BCUT2D eigenvalue weighted by Gasteiger charge is 2.19. The van der Waals surface area contributed by atoms with Crippen LogP contribution in [0.4, 0.5) is 28.7 Å². The summed E-state index contributed by atoms with van der Waals surface area (Å²) < 4.78 is 0. The van der Waals surface area contributed by atoms with Gasteiger partial charge in [-0.05, 0) is 37.8 Å². The fourth-order valence-electron chi connectivity index (χ4n) is 2.86. The van der Waals surface area contributed by atoms with E-state index in [1.54, 1.807) is 12.1 Å². The van der Waals surface area contributed by atoms with Crippen molar-refractivity contribution in [3.05, 3.63) is 40.7 Å². The van der Waals surface area contributed by atoms with Crippen molar-refractivity contribution >= 4 is 28.7 Å². The summed E-state index contributed by atoms with van der Waals surface area (Å²) in [6, 6.07) is 6.51. The number of nitrogen functional groups attached to an aromatic ring is 1. The Bertz CT molecular complexity index is 761. The lowest BCUT2D eigenvalue weighted by Gasteiger charge is -2.26. The topological polar surface area (TPSA) is 139 Å². The first kappa shape index (κ1) is 16.9. The zero-order valence-electron chi connectivity index (χ0n) is 13.6. The molecule has 1 aliphatic carbocycles. The molecule has 1 fully saturated rings. The average molecular weight is 344 g/mol. The van der Waals surface area contributed by atoms with Crippen LogP contribution in [-0.2, 0) is 0 Å². The predicted octanol–water partition coefficient (Wildman–Crippen LogP) is 2.43. The standard InChI is InChI=1S/C16H20N6O3/c17-13-6-3-11(7-14(13)22(24)25)21-16-8-15(18-9-19-16)20-10-1-4-12(23)5-2-10/h3,6-10,12,23H,1-2,4-5,17H2,(H2,18,19,20,21)/t10-,12-. The van der Waals surface area contributed by atoms with Crippen LogP contribution in [-0.4, -0.2) is 32.1 Å². The van der Waals surface area contributed by atoms with Crippen LogP contribution in [0.3, 0.4) is 0 Å². The number of nitrogens with zero attached hydrogens (tertiary/aromatic N) is 3. The van der Waals surface area contributed by atoms with E-state index in [4.69, 9.17) is 5.73 Å². The highest BCUT2D eigenvalue weighted by molar-refractivity contribution is 5.69. The molecule has 1 aromatic carbocycles. The van der Waals surface area contributed by atoms with Gasteiger partial charge in [-0.1, -0.05) is 0 Å². The van der Waals surface area contributed by atoms with Crippen molar-refractivity contribution in [2.24, 2.45) is 0 Å². The molecule has 9 nitrogen and oxygen atoms in total. The van der Waals surface area contributed by atoms with E-state index >= 15 is 0 Å². The van der Waals surface area contributed by atoms with E-state index in [2.05, 4.69) is 20.6 Å². The molecule has 0 amide bonds. The number of hydrogen-bond acceptors (Lipinski definition) is 8. The summed E-state index contributed by atoms with van der Waals surface area (Å²) in [6.45, 7) is 0. The van der Waals surface area contributed by atoms with Crippen molar-refractivity contribution in [1.29, 1.82) is 0 Å². The number of nitro benzene ring substituents is 1. The van der Waals surface area contributed by atoms with Crippen molar-refractivity contribution in [2.45, 2.75) is 37.8 Å². The summed E-state index contributed by atoms with van der Waals surface area (Å²) in [5, 5.41) is 26.9. The molecule has 132 valence electrons. The molecule has 1 aromatic heterocycles. The third-order valence-corrected chi connectivity index (χ3v) is 4.22. The summed E-state index contributed by atoms with van der Waals surface area (Å²) >= 11 is 0.